The molecular formula is C21H22O5. The van der Waals surface area contributed by atoms with Crippen LogP contribution in [0.4, 0.5) is 0 Å². The lowest BCUT2D eigenvalue weighted by Gasteiger charge is -2.14. The number of aryl methyl sites for hydroxylation is 2. The minimum Gasteiger partial charge on any atom is -0.497 e. The molecule has 0 heterocycles. The van der Waals surface area contributed by atoms with Gasteiger partial charge in [-0.1, -0.05) is 12.1 Å². The second-order valence-electron chi connectivity index (χ2n) is 6.35. The Balaban J connectivity index is 1.73. The Morgan fingerprint density at radius 2 is 1.54 bits per heavy atom. The summed E-state index contributed by atoms with van der Waals surface area (Å²) in [5, 5.41) is 0. The van der Waals surface area contributed by atoms with E-state index in [1.807, 2.05) is 18.2 Å². The van der Waals surface area contributed by atoms with Crippen molar-refractivity contribution < 1.29 is 23.8 Å². The number of ether oxygens (including phenoxy) is 3. The number of carbonyl (C=O) groups is 2. The fraction of sp³-hybridized carbons (Fsp3) is 0.333. The van der Waals surface area contributed by atoms with Crippen LogP contribution in [0.1, 0.15) is 45.2 Å². The van der Waals surface area contributed by atoms with E-state index in [9.17, 15) is 9.59 Å². The summed E-state index contributed by atoms with van der Waals surface area (Å²) in [7, 11) is 3.01. The normalized spacial score (nSPS) is 13.7. The molecule has 2 aromatic rings. The lowest BCUT2D eigenvalue weighted by atomic mass is 10.0. The summed E-state index contributed by atoms with van der Waals surface area (Å²) in [4.78, 5) is 25.1. The Bertz CT molecular complexity index is 818. The molecule has 0 unspecified atom stereocenters. The van der Waals surface area contributed by atoms with Gasteiger partial charge < -0.3 is 14.2 Å². The van der Waals surface area contributed by atoms with Crippen molar-refractivity contribution in [2.45, 2.75) is 32.3 Å². The van der Waals surface area contributed by atoms with Gasteiger partial charge in [-0.05, 0) is 55.5 Å². The summed E-state index contributed by atoms with van der Waals surface area (Å²) in [6.07, 6.45) is 2.30. The number of benzene rings is 2. The molecule has 0 saturated heterocycles. The molecule has 0 radical (unpaired) electrons. The molecule has 136 valence electrons. The van der Waals surface area contributed by atoms with E-state index in [0.29, 0.717) is 17.1 Å². The fourth-order valence-corrected chi connectivity index (χ4v) is 3.17. The number of carbonyl (C=O) groups excluding carboxylic acids is 2. The van der Waals surface area contributed by atoms with E-state index in [1.165, 1.54) is 25.3 Å². The van der Waals surface area contributed by atoms with Gasteiger partial charge in [0.15, 0.2) is 6.10 Å². The molecule has 26 heavy (non-hydrogen) atoms. The van der Waals surface area contributed by atoms with Crippen LogP contribution in [0.25, 0.3) is 0 Å². The maximum Gasteiger partial charge on any atom is 0.339 e. The lowest BCUT2D eigenvalue weighted by molar-refractivity contribution is 0.0318. The summed E-state index contributed by atoms with van der Waals surface area (Å²) >= 11 is 0. The lowest BCUT2D eigenvalue weighted by Crippen LogP contribution is -2.24. The first-order valence-corrected chi connectivity index (χ1v) is 8.62. The van der Waals surface area contributed by atoms with Crippen LogP contribution in [0.2, 0.25) is 0 Å². The number of hydrogen-bond acceptors (Lipinski definition) is 5. The summed E-state index contributed by atoms with van der Waals surface area (Å²) < 4.78 is 15.7. The van der Waals surface area contributed by atoms with Crippen molar-refractivity contribution in [3.63, 3.8) is 0 Å². The molecular weight excluding hydrogens is 332 g/mol. The van der Waals surface area contributed by atoms with E-state index < -0.39 is 12.1 Å². The van der Waals surface area contributed by atoms with Crippen LogP contribution in [0.5, 0.6) is 11.5 Å². The van der Waals surface area contributed by atoms with Crippen LogP contribution < -0.4 is 9.47 Å². The smallest absolute Gasteiger partial charge is 0.339 e. The van der Waals surface area contributed by atoms with Crippen LogP contribution >= 0.6 is 0 Å². The maximum atomic E-state index is 12.6. The molecule has 0 amide bonds. The number of Topliss-reactive ketones (excluding diaryl/α,β-unsaturated/α-hetero) is 1. The minimum absolute atomic E-state index is 0.206. The second kappa shape index (κ2) is 7.60. The number of methoxy groups -OCH3 is 2. The van der Waals surface area contributed by atoms with Crippen molar-refractivity contribution in [1.82, 2.24) is 0 Å². The van der Waals surface area contributed by atoms with Crippen LogP contribution in [0, 0.1) is 0 Å². The molecule has 0 saturated carbocycles. The first kappa shape index (κ1) is 18.0. The minimum atomic E-state index is -0.876. The molecule has 5 heteroatoms. The molecule has 1 aliphatic carbocycles. The highest BCUT2D eigenvalue weighted by Crippen LogP contribution is 2.25. The van der Waals surface area contributed by atoms with Gasteiger partial charge in [0.25, 0.3) is 0 Å². The number of rotatable bonds is 6. The highest BCUT2D eigenvalue weighted by molar-refractivity contribution is 6.01. The largest absolute Gasteiger partial charge is 0.497 e. The van der Waals surface area contributed by atoms with Gasteiger partial charge in [0, 0.05) is 11.6 Å². The van der Waals surface area contributed by atoms with Crippen LogP contribution in [-0.2, 0) is 17.6 Å². The summed E-state index contributed by atoms with van der Waals surface area (Å²) in [6, 6.07) is 10.5. The van der Waals surface area contributed by atoms with Crippen molar-refractivity contribution in [3.8, 4) is 11.5 Å². The van der Waals surface area contributed by atoms with Gasteiger partial charge >= 0.3 is 5.97 Å². The molecule has 1 aliphatic rings. The number of fused-ring (bicyclic) bond motifs is 1. The maximum absolute atomic E-state index is 12.6. The molecule has 5 nitrogen and oxygen atoms in total. The predicted octanol–water partition coefficient (Wildman–Crippen LogP) is 3.62. The Morgan fingerprint density at radius 1 is 0.885 bits per heavy atom. The average Bonchev–Trinajstić information content (AvgIpc) is 3.14. The fourth-order valence-electron chi connectivity index (χ4n) is 3.17. The van der Waals surface area contributed by atoms with Crippen molar-refractivity contribution in [1.29, 1.82) is 0 Å². The third-order valence-electron chi connectivity index (χ3n) is 4.62. The van der Waals surface area contributed by atoms with Crippen LogP contribution in [0.3, 0.4) is 0 Å². The third-order valence-corrected chi connectivity index (χ3v) is 4.62. The predicted molar refractivity (Wildman–Crippen MR) is 97.2 cm³/mol. The molecule has 2 aromatic carbocycles. The van der Waals surface area contributed by atoms with E-state index in [4.69, 9.17) is 14.2 Å². The molecule has 0 fully saturated rings. The molecule has 1 atom stereocenters. The number of esters is 1. The highest BCUT2D eigenvalue weighted by atomic mass is 16.5. The molecule has 0 bridgehead atoms. The summed E-state index contributed by atoms with van der Waals surface area (Å²) in [5.41, 5.74) is 3.37. The topological polar surface area (TPSA) is 61.8 Å². The molecule has 3 rings (SSSR count). The SMILES string of the molecule is COc1cc(OC)cc(C(=O)O[C@@H](C)C(=O)c2ccc3c(c2)CCC3)c1. The summed E-state index contributed by atoms with van der Waals surface area (Å²) in [6.45, 7) is 1.59. The number of hydrogen-bond donors (Lipinski definition) is 0. The Morgan fingerprint density at radius 3 is 2.19 bits per heavy atom. The Labute approximate surface area is 152 Å². The highest BCUT2D eigenvalue weighted by Gasteiger charge is 2.23. The van der Waals surface area contributed by atoms with E-state index in [1.54, 1.807) is 25.1 Å². The van der Waals surface area contributed by atoms with Gasteiger partial charge in [-0.25, -0.2) is 4.79 Å². The van der Waals surface area contributed by atoms with Crippen molar-refractivity contribution in [3.05, 3.63) is 58.7 Å². The van der Waals surface area contributed by atoms with Crippen molar-refractivity contribution in [2.75, 3.05) is 14.2 Å². The molecule has 0 aliphatic heterocycles. The van der Waals surface area contributed by atoms with Gasteiger partial charge in [0.2, 0.25) is 5.78 Å². The Kier molecular flexibility index (Phi) is 5.26. The zero-order valence-electron chi connectivity index (χ0n) is 15.2. The van der Waals surface area contributed by atoms with Crippen molar-refractivity contribution >= 4 is 11.8 Å². The van der Waals surface area contributed by atoms with E-state index in [-0.39, 0.29) is 11.3 Å². The van der Waals surface area contributed by atoms with Crippen molar-refractivity contribution in [2.24, 2.45) is 0 Å². The zero-order valence-corrected chi connectivity index (χ0v) is 15.2. The van der Waals surface area contributed by atoms with Gasteiger partial charge in [-0.2, -0.15) is 0 Å². The van der Waals surface area contributed by atoms with E-state index in [0.717, 1.165) is 19.3 Å². The van der Waals surface area contributed by atoms with E-state index in [2.05, 4.69) is 0 Å². The first-order chi connectivity index (χ1) is 12.5. The monoisotopic (exact) mass is 354 g/mol. The average molecular weight is 354 g/mol. The van der Waals surface area contributed by atoms with E-state index >= 15 is 0 Å². The van der Waals surface area contributed by atoms with Crippen LogP contribution in [0.15, 0.2) is 36.4 Å². The quantitative estimate of drug-likeness (QED) is 0.586. The third kappa shape index (κ3) is 3.72. The van der Waals surface area contributed by atoms with Gasteiger partial charge in [-0.3, -0.25) is 4.79 Å². The Hall–Kier alpha value is -2.82. The standard InChI is InChI=1S/C21H22O5/c1-13(20(22)16-8-7-14-5-4-6-15(14)9-16)26-21(23)17-10-18(24-2)12-19(11-17)25-3/h7-13H,4-6H2,1-3H3/t13-/m0/s1. The second-order valence-corrected chi connectivity index (χ2v) is 6.35. The van der Waals surface area contributed by atoms with Gasteiger partial charge in [-0.15, -0.1) is 0 Å². The van der Waals surface area contributed by atoms with Gasteiger partial charge in [0.05, 0.1) is 19.8 Å². The molecule has 0 aromatic heterocycles. The summed E-state index contributed by atoms with van der Waals surface area (Å²) in [5.74, 6) is 0.162. The zero-order chi connectivity index (χ0) is 18.7. The molecule has 0 N–H and O–H groups in total. The van der Waals surface area contributed by atoms with Gasteiger partial charge in [0.1, 0.15) is 11.5 Å². The number of ketones is 1. The molecule has 0 spiro atoms. The van der Waals surface area contributed by atoms with Crippen LogP contribution in [-0.4, -0.2) is 32.1 Å². The first-order valence-electron chi connectivity index (χ1n) is 8.62.